The van der Waals surface area contributed by atoms with Gasteiger partial charge in [0.1, 0.15) is 23.2 Å². The van der Waals surface area contributed by atoms with Crippen LogP contribution in [0.4, 0.5) is 9.18 Å². The van der Waals surface area contributed by atoms with Gasteiger partial charge in [0.05, 0.1) is 24.3 Å². The lowest BCUT2D eigenvalue weighted by Gasteiger charge is -2.35. The number of piperazine rings is 1. The summed E-state index contributed by atoms with van der Waals surface area (Å²) in [5.41, 5.74) is -0.284. The van der Waals surface area contributed by atoms with Crippen LogP contribution in [0.1, 0.15) is 46.9 Å². The second-order valence-corrected chi connectivity index (χ2v) is 9.90. The Balaban J connectivity index is 1.39. The number of aromatic carboxylic acids is 1. The number of carbonyl (C=O) groups excluding carboxylic acids is 4. The number of carbonyl (C=O) groups is 5. The highest BCUT2D eigenvalue weighted by molar-refractivity contribution is 6.47. The zero-order valence-electron chi connectivity index (χ0n) is 20.9. The Morgan fingerprint density at radius 2 is 2.02 bits per heavy atom. The number of rotatable bonds is 6. The van der Waals surface area contributed by atoms with E-state index in [1.807, 2.05) is 0 Å². The summed E-state index contributed by atoms with van der Waals surface area (Å²) in [7, 11) is -1.60. The van der Waals surface area contributed by atoms with Crippen molar-refractivity contribution in [2.24, 2.45) is 0 Å². The van der Waals surface area contributed by atoms with Gasteiger partial charge in [-0.05, 0) is 30.9 Å². The maximum atomic E-state index is 14.8. The van der Waals surface area contributed by atoms with E-state index in [9.17, 15) is 43.6 Å². The number of imide groups is 1. The molecular weight excluding hydrogens is 530 g/mol. The summed E-state index contributed by atoms with van der Waals surface area (Å²) < 4.78 is 20.3. The Bertz CT molecular complexity index is 1420. The molecule has 2 fully saturated rings. The van der Waals surface area contributed by atoms with Crippen LogP contribution < -0.4 is 9.97 Å². The van der Waals surface area contributed by atoms with Crippen molar-refractivity contribution >= 4 is 36.7 Å². The number of fused-ring (bicyclic) bond motifs is 2. The Labute approximate surface area is 226 Å². The molecule has 4 amide bonds. The van der Waals surface area contributed by atoms with Gasteiger partial charge in [-0.1, -0.05) is 12.1 Å². The molecular formula is C25H24BFN4O9. The molecule has 15 heteroatoms. The number of nitrogens with zero attached hydrogens (tertiary/aromatic N) is 3. The molecule has 13 nitrogen and oxygen atoms in total. The molecule has 3 aliphatic rings. The first kappa shape index (κ1) is 27.1. The van der Waals surface area contributed by atoms with Gasteiger partial charge in [-0.15, -0.1) is 0 Å². The van der Waals surface area contributed by atoms with Gasteiger partial charge in [-0.2, -0.15) is 0 Å². The van der Waals surface area contributed by atoms with Crippen molar-refractivity contribution in [1.29, 1.82) is 0 Å². The Morgan fingerprint density at radius 3 is 2.75 bits per heavy atom. The lowest BCUT2D eigenvalue weighted by atomic mass is 9.64. The third kappa shape index (κ3) is 4.95. The molecule has 40 heavy (non-hydrogen) atoms. The fourth-order valence-electron chi connectivity index (χ4n) is 5.36. The van der Waals surface area contributed by atoms with E-state index in [1.165, 1.54) is 17.0 Å². The quantitative estimate of drug-likeness (QED) is 0.292. The number of aromatic nitrogens is 1. The molecule has 0 spiro atoms. The predicted molar refractivity (Wildman–Crippen MR) is 133 cm³/mol. The predicted octanol–water partition coefficient (Wildman–Crippen LogP) is 0.653. The van der Waals surface area contributed by atoms with Crippen LogP contribution in [0.3, 0.4) is 0 Å². The van der Waals surface area contributed by atoms with Gasteiger partial charge in [0, 0.05) is 24.8 Å². The van der Waals surface area contributed by atoms with Crippen LogP contribution in [-0.2, 0) is 20.8 Å². The van der Waals surface area contributed by atoms with Crippen molar-refractivity contribution in [1.82, 2.24) is 20.1 Å². The largest absolute Gasteiger partial charge is 0.535 e. The van der Waals surface area contributed by atoms with Crippen LogP contribution >= 0.6 is 0 Å². The van der Waals surface area contributed by atoms with E-state index in [2.05, 4.69) is 10.3 Å². The fraction of sp³-hybridized carbons (Fsp3) is 0.360. The van der Waals surface area contributed by atoms with Crippen molar-refractivity contribution in [2.45, 2.75) is 43.6 Å². The summed E-state index contributed by atoms with van der Waals surface area (Å²) in [5, 5.41) is 31.9. The number of ketones is 1. The maximum absolute atomic E-state index is 14.8. The third-order valence-corrected chi connectivity index (χ3v) is 7.34. The van der Waals surface area contributed by atoms with E-state index < -0.39 is 72.3 Å². The lowest BCUT2D eigenvalue weighted by Crippen LogP contribution is -2.61. The minimum Gasteiger partial charge on any atom is -0.535 e. The molecule has 5 rings (SSSR count). The van der Waals surface area contributed by atoms with Gasteiger partial charge in [0.2, 0.25) is 0 Å². The number of urea groups is 1. The van der Waals surface area contributed by atoms with Crippen molar-refractivity contribution in [3.8, 4) is 11.5 Å². The van der Waals surface area contributed by atoms with Gasteiger partial charge < -0.3 is 30.1 Å². The molecule has 4 heterocycles. The van der Waals surface area contributed by atoms with Crippen LogP contribution in [0.25, 0.3) is 0 Å². The molecule has 3 aliphatic heterocycles. The summed E-state index contributed by atoms with van der Waals surface area (Å²) in [6.07, 6.45) is 1.70. The van der Waals surface area contributed by atoms with Crippen LogP contribution in [0, 0.1) is 5.82 Å². The summed E-state index contributed by atoms with van der Waals surface area (Å²) in [6.45, 7) is 0.304. The first-order chi connectivity index (χ1) is 19.0. The summed E-state index contributed by atoms with van der Waals surface area (Å²) in [4.78, 5) is 69.1. The Kier molecular flexibility index (Phi) is 7.15. The Hall–Kier alpha value is -4.53. The zero-order chi connectivity index (χ0) is 28.7. The molecule has 0 bridgehead atoms. The summed E-state index contributed by atoms with van der Waals surface area (Å²) >= 11 is 0. The van der Waals surface area contributed by atoms with Crippen LogP contribution in [0.15, 0.2) is 30.5 Å². The van der Waals surface area contributed by atoms with E-state index in [-0.39, 0.29) is 30.3 Å². The molecule has 1 aromatic carbocycles. The average molecular weight is 554 g/mol. The number of pyridine rings is 1. The average Bonchev–Trinajstić information content (AvgIpc) is 3.38. The van der Waals surface area contributed by atoms with Crippen LogP contribution in [0.2, 0.25) is 5.82 Å². The number of nitrogens with one attached hydrogen (secondary N) is 1. The number of benzene rings is 1. The molecule has 1 aromatic heterocycles. The van der Waals surface area contributed by atoms with Gasteiger partial charge in [0.15, 0.2) is 11.6 Å². The van der Waals surface area contributed by atoms with Crippen molar-refractivity contribution in [3.05, 3.63) is 53.1 Å². The summed E-state index contributed by atoms with van der Waals surface area (Å²) in [6, 6.07) is 1.86. The molecule has 208 valence electrons. The Morgan fingerprint density at radius 1 is 1.25 bits per heavy atom. The third-order valence-electron chi connectivity index (χ3n) is 7.34. The molecule has 2 aromatic rings. The van der Waals surface area contributed by atoms with Crippen LogP contribution in [0.5, 0.6) is 11.5 Å². The number of Topliss-reactive ketones (excluding diaryl/α,β-unsaturated/α-hetero) is 1. The standard InChI is InChI=1S/C25H24BFN4O9/c27-17-9-15(32)10-28-19(17)20(29-25(38)31-11-14-4-2-6-30(14)22(34)23(31)35)18(33)8-13-7-12-3-1-5-16(24(36)37)21(12)40-26(13)39/h1,3,5,9-10,13-14,20,32,39H,2,4,6-8,11H2,(H,29,38)(H,36,37)/t13-,14+,20-/m1/s1. The van der Waals surface area contributed by atoms with E-state index in [4.69, 9.17) is 4.65 Å². The van der Waals surface area contributed by atoms with E-state index in [0.29, 0.717) is 35.9 Å². The van der Waals surface area contributed by atoms with E-state index in [0.717, 1.165) is 6.20 Å². The monoisotopic (exact) mass is 554 g/mol. The maximum Gasteiger partial charge on any atom is 0.526 e. The van der Waals surface area contributed by atoms with Gasteiger partial charge >= 0.3 is 30.9 Å². The zero-order valence-corrected chi connectivity index (χ0v) is 20.9. The highest BCUT2D eigenvalue weighted by Crippen LogP contribution is 2.37. The number of para-hydroxylation sites is 1. The van der Waals surface area contributed by atoms with Crippen molar-refractivity contribution in [2.75, 3.05) is 13.1 Å². The molecule has 0 unspecified atom stereocenters. The molecule has 0 aliphatic carbocycles. The molecule has 4 N–H and O–H groups in total. The number of carboxylic acid groups (broad SMARTS) is 1. The molecule has 0 radical (unpaired) electrons. The molecule has 2 saturated heterocycles. The smallest absolute Gasteiger partial charge is 0.526 e. The minimum atomic E-state index is -1.75. The highest BCUT2D eigenvalue weighted by Gasteiger charge is 2.45. The van der Waals surface area contributed by atoms with Gasteiger partial charge in [-0.25, -0.2) is 14.0 Å². The van der Waals surface area contributed by atoms with E-state index >= 15 is 0 Å². The highest BCUT2D eigenvalue weighted by atomic mass is 19.1. The first-order valence-corrected chi connectivity index (χ1v) is 12.5. The van der Waals surface area contributed by atoms with E-state index in [1.54, 1.807) is 6.07 Å². The fourth-order valence-corrected chi connectivity index (χ4v) is 5.36. The number of amides is 4. The van der Waals surface area contributed by atoms with Gasteiger partial charge in [-0.3, -0.25) is 24.3 Å². The topological polar surface area (TPSA) is 187 Å². The number of carboxylic acids is 1. The normalized spacial score (nSPS) is 20.9. The molecule has 3 atom stereocenters. The number of halogens is 1. The van der Waals surface area contributed by atoms with Crippen molar-refractivity contribution < 1.29 is 48.3 Å². The second-order valence-electron chi connectivity index (χ2n) is 9.90. The van der Waals surface area contributed by atoms with Crippen LogP contribution in [-0.4, -0.2) is 85.9 Å². The molecule has 0 saturated carbocycles. The number of hydrogen-bond donors (Lipinski definition) is 4. The number of aromatic hydroxyl groups is 1. The van der Waals surface area contributed by atoms with Crippen molar-refractivity contribution in [3.63, 3.8) is 0 Å². The second kappa shape index (κ2) is 10.6. The minimum absolute atomic E-state index is 0.0310. The van der Waals surface area contributed by atoms with Gasteiger partial charge in [0.25, 0.3) is 0 Å². The lowest BCUT2D eigenvalue weighted by molar-refractivity contribution is -0.155. The first-order valence-electron chi connectivity index (χ1n) is 12.5. The number of hydrogen-bond acceptors (Lipinski definition) is 9. The SMILES string of the molecule is O=C(O)c1cccc2c1OB(O)[C@@H](CC(=O)[C@@H](NC(=O)N1C[C@@H]3CCCN3C(=O)C1=O)c1ncc(O)cc1F)C2. The summed E-state index contributed by atoms with van der Waals surface area (Å²) in [5.74, 6) is -6.58.